The molecule has 1 amide bonds. The number of aliphatic hydroxyl groups is 1. The molecule has 0 bridgehead atoms. The second kappa shape index (κ2) is 8.88. The first kappa shape index (κ1) is 19.2. The van der Waals surface area contributed by atoms with E-state index in [0.29, 0.717) is 25.9 Å². The molecular formula is C19H26N4O4. The van der Waals surface area contributed by atoms with Crippen LogP contribution >= 0.6 is 0 Å². The second-order valence-corrected chi connectivity index (χ2v) is 6.69. The number of imidazole rings is 1. The summed E-state index contributed by atoms with van der Waals surface area (Å²) in [5.74, 6) is 1.60. The Bertz CT molecular complexity index is 746. The number of carbonyl (C=O) groups is 1. The molecule has 1 saturated heterocycles. The van der Waals surface area contributed by atoms with Crippen molar-refractivity contribution in [2.24, 2.45) is 0 Å². The Kier molecular flexibility index (Phi) is 6.31. The average molecular weight is 374 g/mol. The molecule has 3 atom stereocenters. The summed E-state index contributed by atoms with van der Waals surface area (Å²) in [4.78, 5) is 19.4. The molecule has 0 saturated carbocycles. The Morgan fingerprint density at radius 2 is 2.15 bits per heavy atom. The van der Waals surface area contributed by atoms with Crippen LogP contribution in [0.25, 0.3) is 0 Å². The molecule has 0 radical (unpaired) electrons. The number of aliphatic hydroxyl groups excluding tert-OH is 1. The molecule has 4 N–H and O–H groups in total. The number of ether oxygens (including phenoxy) is 2. The van der Waals surface area contributed by atoms with Crippen molar-refractivity contribution in [1.82, 2.24) is 20.6 Å². The van der Waals surface area contributed by atoms with Gasteiger partial charge in [0.25, 0.3) is 0 Å². The number of H-pyrrole nitrogens is 1. The molecule has 3 rings (SSSR count). The number of benzene rings is 1. The van der Waals surface area contributed by atoms with Crippen molar-refractivity contribution < 1.29 is 19.4 Å². The molecule has 1 aliphatic rings. The number of rotatable bonds is 7. The first-order valence-electron chi connectivity index (χ1n) is 9.04. The highest BCUT2D eigenvalue weighted by Crippen LogP contribution is 2.19. The molecule has 1 aromatic carbocycles. The zero-order valence-electron chi connectivity index (χ0n) is 15.6. The van der Waals surface area contributed by atoms with Gasteiger partial charge in [-0.15, -0.1) is 0 Å². The molecule has 8 nitrogen and oxygen atoms in total. The number of aryl methyl sites for hydroxylation is 1. The van der Waals surface area contributed by atoms with Crippen LogP contribution in [0.5, 0.6) is 5.75 Å². The largest absolute Gasteiger partial charge is 0.497 e. The zero-order valence-corrected chi connectivity index (χ0v) is 15.6. The van der Waals surface area contributed by atoms with Crippen molar-refractivity contribution in [3.8, 4) is 5.75 Å². The molecule has 1 fully saturated rings. The van der Waals surface area contributed by atoms with Crippen molar-refractivity contribution in [2.75, 3.05) is 20.2 Å². The summed E-state index contributed by atoms with van der Waals surface area (Å²) in [6.07, 6.45) is 1.11. The van der Waals surface area contributed by atoms with Crippen LogP contribution in [0.2, 0.25) is 0 Å². The van der Waals surface area contributed by atoms with E-state index in [-0.39, 0.29) is 6.04 Å². The topological polar surface area (TPSA) is 108 Å². The van der Waals surface area contributed by atoms with Gasteiger partial charge in [0.1, 0.15) is 23.8 Å². The number of nitrogens with zero attached hydrogens (tertiary/aromatic N) is 1. The summed E-state index contributed by atoms with van der Waals surface area (Å²) in [5, 5.41) is 16.1. The number of hydrogen-bond acceptors (Lipinski definition) is 6. The van der Waals surface area contributed by atoms with E-state index in [0.717, 1.165) is 22.8 Å². The van der Waals surface area contributed by atoms with Crippen LogP contribution in [0.4, 0.5) is 4.79 Å². The van der Waals surface area contributed by atoms with Crippen LogP contribution in [0.15, 0.2) is 30.5 Å². The maximum Gasteiger partial charge on any atom is 0.407 e. The number of β-amino-alcohol motifs (C(OH)–C–C–N with tert-alkyl or cyclic N) is 1. The molecule has 146 valence electrons. The van der Waals surface area contributed by atoms with Crippen LogP contribution < -0.4 is 15.4 Å². The van der Waals surface area contributed by atoms with Crippen LogP contribution in [0.1, 0.15) is 17.1 Å². The SMILES string of the molecule is COc1ccc(C[C@H]2NC[C@H](O)[C@H]2OC(=O)NCCc2ncc(C)[nH]2)cc1. The van der Waals surface area contributed by atoms with Gasteiger partial charge in [0, 0.05) is 31.4 Å². The number of alkyl carbamates (subject to hydrolysis) is 1. The van der Waals surface area contributed by atoms with E-state index >= 15 is 0 Å². The standard InChI is InChI=1S/C19H26N4O4/c1-12-10-22-17(23-12)7-8-20-19(25)27-18-15(21-11-16(18)24)9-13-3-5-14(26-2)6-4-13/h3-6,10,15-16,18,21,24H,7-9,11H2,1-2H3,(H,20,25)(H,22,23)/t15-,16+,18+/m1/s1. The highest BCUT2D eigenvalue weighted by molar-refractivity contribution is 5.67. The van der Waals surface area contributed by atoms with Crippen LogP contribution in [-0.4, -0.2) is 59.6 Å². The predicted molar refractivity (Wildman–Crippen MR) is 99.8 cm³/mol. The quantitative estimate of drug-likeness (QED) is 0.574. The number of aromatic nitrogens is 2. The van der Waals surface area contributed by atoms with Gasteiger partial charge in [-0.05, 0) is 31.0 Å². The third-order valence-corrected chi connectivity index (χ3v) is 4.61. The lowest BCUT2D eigenvalue weighted by Crippen LogP contribution is -2.41. The van der Waals surface area contributed by atoms with E-state index in [1.54, 1.807) is 13.3 Å². The van der Waals surface area contributed by atoms with Gasteiger partial charge in [0.15, 0.2) is 0 Å². The Morgan fingerprint density at radius 3 is 2.81 bits per heavy atom. The summed E-state index contributed by atoms with van der Waals surface area (Å²) >= 11 is 0. The van der Waals surface area contributed by atoms with E-state index in [1.807, 2.05) is 31.2 Å². The Morgan fingerprint density at radius 1 is 1.37 bits per heavy atom. The number of aromatic amines is 1. The highest BCUT2D eigenvalue weighted by Gasteiger charge is 2.37. The summed E-state index contributed by atoms with van der Waals surface area (Å²) in [6, 6.07) is 7.56. The van der Waals surface area contributed by atoms with Crippen LogP contribution in [0, 0.1) is 6.92 Å². The fourth-order valence-corrected chi connectivity index (χ4v) is 3.18. The molecule has 0 aliphatic carbocycles. The van der Waals surface area contributed by atoms with Gasteiger partial charge in [0.05, 0.1) is 13.2 Å². The molecule has 1 aromatic heterocycles. The van der Waals surface area contributed by atoms with Gasteiger partial charge in [-0.3, -0.25) is 0 Å². The van der Waals surface area contributed by atoms with E-state index in [1.165, 1.54) is 0 Å². The van der Waals surface area contributed by atoms with Crippen molar-refractivity contribution in [1.29, 1.82) is 0 Å². The second-order valence-electron chi connectivity index (χ2n) is 6.69. The molecule has 8 heteroatoms. The summed E-state index contributed by atoms with van der Waals surface area (Å²) < 4.78 is 10.6. The first-order valence-corrected chi connectivity index (χ1v) is 9.04. The average Bonchev–Trinajstić information content (AvgIpc) is 3.22. The third kappa shape index (κ3) is 5.21. The van der Waals surface area contributed by atoms with E-state index in [2.05, 4.69) is 20.6 Å². The fourth-order valence-electron chi connectivity index (χ4n) is 3.18. The summed E-state index contributed by atoms with van der Waals surface area (Å²) in [7, 11) is 1.62. The van der Waals surface area contributed by atoms with Gasteiger partial charge < -0.3 is 30.2 Å². The van der Waals surface area contributed by atoms with Gasteiger partial charge in [-0.2, -0.15) is 0 Å². The molecule has 1 aliphatic heterocycles. The van der Waals surface area contributed by atoms with Crippen LogP contribution in [0.3, 0.4) is 0 Å². The molecule has 2 aromatic rings. The van der Waals surface area contributed by atoms with E-state index in [9.17, 15) is 9.90 Å². The maximum atomic E-state index is 12.1. The Labute approximate surface area is 158 Å². The Balaban J connectivity index is 1.49. The minimum Gasteiger partial charge on any atom is -0.497 e. The third-order valence-electron chi connectivity index (χ3n) is 4.61. The highest BCUT2D eigenvalue weighted by atomic mass is 16.6. The van der Waals surface area contributed by atoms with Crippen molar-refractivity contribution in [3.05, 3.63) is 47.5 Å². The first-order chi connectivity index (χ1) is 13.0. The van der Waals surface area contributed by atoms with Crippen molar-refractivity contribution >= 4 is 6.09 Å². The maximum absolute atomic E-state index is 12.1. The zero-order chi connectivity index (χ0) is 19.2. The number of nitrogens with one attached hydrogen (secondary N) is 3. The number of methoxy groups -OCH3 is 1. The lowest BCUT2D eigenvalue weighted by Gasteiger charge is -2.22. The minimum absolute atomic E-state index is 0.146. The minimum atomic E-state index is -0.730. The normalized spacial score (nSPS) is 21.8. The molecule has 27 heavy (non-hydrogen) atoms. The van der Waals surface area contributed by atoms with E-state index in [4.69, 9.17) is 9.47 Å². The number of carbonyl (C=O) groups excluding carboxylic acids is 1. The smallest absolute Gasteiger partial charge is 0.407 e. The lowest BCUT2D eigenvalue weighted by atomic mass is 10.0. The van der Waals surface area contributed by atoms with Gasteiger partial charge in [-0.1, -0.05) is 12.1 Å². The van der Waals surface area contributed by atoms with Crippen molar-refractivity contribution in [2.45, 2.75) is 38.0 Å². The van der Waals surface area contributed by atoms with Crippen LogP contribution in [-0.2, 0) is 17.6 Å². The fraction of sp³-hybridized carbons (Fsp3) is 0.474. The van der Waals surface area contributed by atoms with Gasteiger partial charge >= 0.3 is 6.09 Å². The van der Waals surface area contributed by atoms with Crippen molar-refractivity contribution in [3.63, 3.8) is 0 Å². The predicted octanol–water partition coefficient (Wildman–Crippen LogP) is 0.939. The monoisotopic (exact) mass is 374 g/mol. The lowest BCUT2D eigenvalue weighted by molar-refractivity contribution is 0.0190. The summed E-state index contributed by atoms with van der Waals surface area (Å²) in [6.45, 7) is 2.73. The van der Waals surface area contributed by atoms with E-state index < -0.39 is 18.3 Å². The Hall–Kier alpha value is -2.58. The molecule has 2 heterocycles. The molecule has 0 spiro atoms. The molecule has 0 unspecified atom stereocenters. The number of hydrogen-bond donors (Lipinski definition) is 4. The van der Waals surface area contributed by atoms with Gasteiger partial charge in [-0.25, -0.2) is 9.78 Å². The molecular weight excluding hydrogens is 348 g/mol. The summed E-state index contributed by atoms with van der Waals surface area (Å²) in [5.41, 5.74) is 2.05. The number of amides is 1. The van der Waals surface area contributed by atoms with Gasteiger partial charge in [0.2, 0.25) is 0 Å².